The average molecular weight is 379 g/mol. The molecule has 1 heterocycles. The van der Waals surface area contributed by atoms with E-state index in [0.29, 0.717) is 25.5 Å². The first-order chi connectivity index (χ1) is 13.7. The van der Waals surface area contributed by atoms with Gasteiger partial charge < -0.3 is 20.1 Å². The lowest BCUT2D eigenvalue weighted by Crippen LogP contribution is -2.25. The average Bonchev–Trinajstić information content (AvgIpc) is 3.07. The van der Waals surface area contributed by atoms with E-state index in [1.54, 1.807) is 0 Å². The molecule has 4 heteroatoms. The van der Waals surface area contributed by atoms with Gasteiger partial charge in [-0.1, -0.05) is 23.8 Å². The van der Waals surface area contributed by atoms with Crippen molar-refractivity contribution in [3.63, 3.8) is 0 Å². The van der Waals surface area contributed by atoms with Crippen molar-refractivity contribution in [2.45, 2.75) is 44.6 Å². The van der Waals surface area contributed by atoms with Crippen LogP contribution in [-0.2, 0) is 6.42 Å². The predicted octanol–water partition coefficient (Wildman–Crippen LogP) is 4.29. The quantitative estimate of drug-likeness (QED) is 0.575. The van der Waals surface area contributed by atoms with Crippen molar-refractivity contribution in [2.24, 2.45) is 0 Å². The Labute approximate surface area is 166 Å². The van der Waals surface area contributed by atoms with Crippen molar-refractivity contribution < 1.29 is 9.84 Å². The van der Waals surface area contributed by atoms with Crippen LogP contribution in [-0.4, -0.2) is 36.4 Å². The van der Waals surface area contributed by atoms with Gasteiger partial charge in [0.1, 0.15) is 5.75 Å². The molecule has 0 fully saturated rings. The summed E-state index contributed by atoms with van der Waals surface area (Å²) in [5, 5.41) is 14.1. The summed E-state index contributed by atoms with van der Waals surface area (Å²) in [7, 11) is 1.84. The van der Waals surface area contributed by atoms with Crippen LogP contribution in [0.3, 0.4) is 0 Å². The Morgan fingerprint density at radius 2 is 2.04 bits per heavy atom. The number of aliphatic hydroxyl groups is 1. The Morgan fingerprint density at radius 3 is 2.82 bits per heavy atom. The Kier molecular flexibility index (Phi) is 5.69. The molecule has 1 aliphatic carbocycles. The summed E-state index contributed by atoms with van der Waals surface area (Å²) < 4.78 is 5.80. The summed E-state index contributed by atoms with van der Waals surface area (Å²) in [4.78, 5) is 3.70. The van der Waals surface area contributed by atoms with Gasteiger partial charge in [-0.2, -0.15) is 0 Å². The lowest BCUT2D eigenvalue weighted by atomic mass is 9.82. The van der Waals surface area contributed by atoms with E-state index in [1.165, 1.54) is 46.1 Å². The molecule has 3 N–H and O–H groups in total. The fraction of sp³-hybridized carbons (Fsp3) is 0.417. The Balaban J connectivity index is 1.49. The molecule has 0 radical (unpaired) electrons. The molecule has 0 amide bonds. The molecule has 148 valence electrons. The van der Waals surface area contributed by atoms with Gasteiger partial charge in [-0.3, -0.25) is 0 Å². The van der Waals surface area contributed by atoms with Crippen LogP contribution in [0.5, 0.6) is 5.75 Å². The van der Waals surface area contributed by atoms with E-state index in [4.69, 9.17) is 4.74 Å². The number of fused-ring (bicyclic) bond motifs is 3. The number of aromatic nitrogens is 1. The van der Waals surface area contributed by atoms with Gasteiger partial charge in [0.15, 0.2) is 0 Å². The van der Waals surface area contributed by atoms with Crippen LogP contribution in [0.2, 0.25) is 0 Å². The van der Waals surface area contributed by atoms with Crippen LogP contribution in [0.1, 0.15) is 47.6 Å². The Bertz CT molecular complexity index is 930. The molecule has 2 aromatic carbocycles. The molecule has 0 spiro atoms. The lowest BCUT2D eigenvalue weighted by Gasteiger charge is -2.23. The number of hydrogen-bond acceptors (Lipinski definition) is 3. The highest BCUT2D eigenvalue weighted by atomic mass is 16.5. The summed E-state index contributed by atoms with van der Waals surface area (Å²) in [6.45, 7) is 3.28. The number of ether oxygens (including phenoxy) is 1. The van der Waals surface area contributed by atoms with Gasteiger partial charge in [-0.25, -0.2) is 0 Å². The second-order valence-corrected chi connectivity index (χ2v) is 7.93. The summed E-state index contributed by atoms with van der Waals surface area (Å²) in [5.41, 5.74) is 6.79. The predicted molar refractivity (Wildman–Crippen MR) is 114 cm³/mol. The molecule has 1 aliphatic rings. The summed E-state index contributed by atoms with van der Waals surface area (Å²) in [5.74, 6) is 1.28. The monoisotopic (exact) mass is 378 g/mol. The molecule has 4 nitrogen and oxygen atoms in total. The minimum Gasteiger partial charge on any atom is -0.493 e. The van der Waals surface area contributed by atoms with Crippen LogP contribution < -0.4 is 10.1 Å². The topological polar surface area (TPSA) is 57.3 Å². The number of aliphatic hydroxyl groups excluding tert-OH is 1. The van der Waals surface area contributed by atoms with Crippen molar-refractivity contribution in [3.05, 3.63) is 64.8 Å². The summed E-state index contributed by atoms with van der Waals surface area (Å²) in [6, 6.07) is 15.2. The molecule has 0 aliphatic heterocycles. The fourth-order valence-corrected chi connectivity index (χ4v) is 4.36. The molecule has 2 unspecified atom stereocenters. The third-order valence-corrected chi connectivity index (χ3v) is 5.80. The largest absolute Gasteiger partial charge is 0.493 e. The maximum atomic E-state index is 9.77. The maximum absolute atomic E-state index is 9.77. The normalized spacial score (nSPS) is 17.5. The van der Waals surface area contributed by atoms with Crippen LogP contribution in [0, 0.1) is 6.92 Å². The van der Waals surface area contributed by atoms with Crippen molar-refractivity contribution >= 4 is 10.9 Å². The number of likely N-dealkylation sites (N-methyl/N-ethyl adjacent to an activating group) is 1. The smallest absolute Gasteiger partial charge is 0.119 e. The summed E-state index contributed by atoms with van der Waals surface area (Å²) in [6.07, 6.45) is 3.82. The lowest BCUT2D eigenvalue weighted by molar-refractivity contribution is 0.139. The highest BCUT2D eigenvalue weighted by Crippen LogP contribution is 2.40. The number of H-pyrrole nitrogens is 1. The van der Waals surface area contributed by atoms with Gasteiger partial charge >= 0.3 is 0 Å². The van der Waals surface area contributed by atoms with Crippen molar-refractivity contribution in [1.82, 2.24) is 10.3 Å². The highest BCUT2D eigenvalue weighted by Gasteiger charge is 2.25. The molecule has 28 heavy (non-hydrogen) atoms. The molecular weight excluding hydrogens is 348 g/mol. The van der Waals surface area contributed by atoms with E-state index in [-0.39, 0.29) is 6.10 Å². The van der Waals surface area contributed by atoms with Crippen LogP contribution in [0.4, 0.5) is 0 Å². The number of hydrogen-bond donors (Lipinski definition) is 3. The van der Waals surface area contributed by atoms with Crippen molar-refractivity contribution in [1.29, 1.82) is 0 Å². The Morgan fingerprint density at radius 1 is 1.21 bits per heavy atom. The number of benzene rings is 2. The first-order valence-electron chi connectivity index (χ1n) is 10.3. The van der Waals surface area contributed by atoms with Crippen LogP contribution >= 0.6 is 0 Å². The summed E-state index contributed by atoms with van der Waals surface area (Å²) >= 11 is 0. The first kappa shape index (κ1) is 19.0. The van der Waals surface area contributed by atoms with E-state index in [9.17, 15) is 5.11 Å². The third kappa shape index (κ3) is 3.94. The molecule has 0 bridgehead atoms. The van der Waals surface area contributed by atoms with Crippen LogP contribution in [0.15, 0.2) is 42.5 Å². The highest BCUT2D eigenvalue weighted by molar-refractivity contribution is 5.86. The van der Waals surface area contributed by atoms with E-state index >= 15 is 0 Å². The van der Waals surface area contributed by atoms with Crippen LogP contribution in [0.25, 0.3) is 10.9 Å². The molecule has 2 atom stereocenters. The van der Waals surface area contributed by atoms with Gasteiger partial charge in [0.05, 0.1) is 12.7 Å². The molecule has 0 saturated carbocycles. The molecular formula is C24H30N2O2. The number of nitrogens with one attached hydrogen (secondary N) is 2. The van der Waals surface area contributed by atoms with E-state index in [0.717, 1.165) is 12.2 Å². The first-order valence-corrected chi connectivity index (χ1v) is 10.3. The zero-order chi connectivity index (χ0) is 19.5. The third-order valence-electron chi connectivity index (χ3n) is 5.80. The SMILES string of the molecule is CNCC(O)CCOc1ccc(C2CCCc3c2[nH]c2ccc(C)cc32)cc1. The minimum atomic E-state index is -0.365. The molecule has 3 aromatic rings. The number of aromatic amines is 1. The number of rotatable bonds is 7. The molecule has 0 saturated heterocycles. The van der Waals surface area contributed by atoms with Gasteiger partial charge in [0.2, 0.25) is 0 Å². The fourth-order valence-electron chi connectivity index (χ4n) is 4.36. The zero-order valence-electron chi connectivity index (χ0n) is 16.8. The molecule has 4 rings (SSSR count). The number of aryl methyl sites for hydroxylation is 2. The van der Waals surface area contributed by atoms with Gasteiger partial charge in [-0.05, 0) is 68.6 Å². The second kappa shape index (κ2) is 8.38. The Hall–Kier alpha value is -2.30. The van der Waals surface area contributed by atoms with E-state index in [2.05, 4.69) is 59.7 Å². The van der Waals surface area contributed by atoms with Crippen molar-refractivity contribution in [2.75, 3.05) is 20.2 Å². The standard InChI is InChI=1S/C24H30N2O2/c1-16-6-11-23-22(14-16)21-5-3-4-20(24(21)26-23)17-7-9-19(10-8-17)28-13-12-18(27)15-25-2/h6-11,14,18,20,25-27H,3-5,12-13,15H2,1-2H3. The van der Waals surface area contributed by atoms with E-state index in [1.807, 2.05) is 7.05 Å². The van der Waals surface area contributed by atoms with Crippen molar-refractivity contribution in [3.8, 4) is 5.75 Å². The molecule has 1 aromatic heterocycles. The maximum Gasteiger partial charge on any atom is 0.119 e. The van der Waals surface area contributed by atoms with E-state index < -0.39 is 0 Å². The van der Waals surface area contributed by atoms with Gasteiger partial charge in [0.25, 0.3) is 0 Å². The second-order valence-electron chi connectivity index (χ2n) is 7.93. The van der Waals surface area contributed by atoms with Gasteiger partial charge in [-0.15, -0.1) is 0 Å². The minimum absolute atomic E-state index is 0.365. The van der Waals surface area contributed by atoms with Gasteiger partial charge in [0, 0.05) is 35.5 Å². The zero-order valence-corrected chi connectivity index (χ0v) is 16.8.